The molecule has 0 fully saturated rings. The summed E-state index contributed by atoms with van der Waals surface area (Å²) in [6, 6.07) is 8.37. The zero-order valence-corrected chi connectivity index (χ0v) is 12.4. The van der Waals surface area contributed by atoms with Crippen molar-refractivity contribution in [1.82, 2.24) is 0 Å². The third-order valence-electron chi connectivity index (χ3n) is 2.65. The number of para-hydroxylation sites is 1. The number of thioether (sulfide) groups is 2. The lowest BCUT2D eigenvalue weighted by molar-refractivity contribution is 0.147. The molecule has 1 aromatic carbocycles. The predicted octanol–water partition coefficient (Wildman–Crippen LogP) is 4.47. The van der Waals surface area contributed by atoms with E-state index in [4.69, 9.17) is 4.74 Å². The van der Waals surface area contributed by atoms with Crippen LogP contribution in [0.5, 0.6) is 0 Å². The summed E-state index contributed by atoms with van der Waals surface area (Å²) < 4.78 is 6.72. The Morgan fingerprint density at radius 2 is 2.22 bits per heavy atom. The van der Waals surface area contributed by atoms with E-state index in [0.29, 0.717) is 0 Å². The van der Waals surface area contributed by atoms with Gasteiger partial charge in [-0.3, -0.25) is 0 Å². The van der Waals surface area contributed by atoms with Crippen molar-refractivity contribution in [3.63, 3.8) is 0 Å². The van der Waals surface area contributed by atoms with Gasteiger partial charge in [-0.1, -0.05) is 55.1 Å². The van der Waals surface area contributed by atoms with Gasteiger partial charge in [-0.2, -0.15) is 0 Å². The Hall–Kier alpha value is -0.450. The van der Waals surface area contributed by atoms with Crippen LogP contribution in [0.15, 0.2) is 29.3 Å². The zero-order valence-electron chi connectivity index (χ0n) is 10.7. The smallest absolute Gasteiger partial charge is 0.130 e. The molecular weight excluding hydrogens is 262 g/mol. The first kappa shape index (κ1) is 14.0. The number of rotatable bonds is 6. The molecule has 0 atom stereocenters. The lowest BCUT2D eigenvalue weighted by atomic mass is 10.2. The maximum atomic E-state index is 5.55. The highest BCUT2D eigenvalue weighted by Gasteiger charge is 2.11. The Balaban J connectivity index is 1.73. The molecule has 0 saturated heterocycles. The highest BCUT2D eigenvalue weighted by molar-refractivity contribution is 8.38. The first-order chi connectivity index (χ1) is 8.90. The fourth-order valence-corrected chi connectivity index (χ4v) is 3.61. The summed E-state index contributed by atoms with van der Waals surface area (Å²) in [5, 5.41) is 0. The summed E-state index contributed by atoms with van der Waals surface area (Å²) in [5.41, 5.74) is 2.47. The van der Waals surface area contributed by atoms with Gasteiger partial charge in [-0.25, -0.2) is 4.99 Å². The van der Waals surface area contributed by atoms with Gasteiger partial charge in [0, 0.05) is 18.1 Å². The van der Waals surface area contributed by atoms with E-state index in [1.807, 2.05) is 11.8 Å². The highest BCUT2D eigenvalue weighted by atomic mass is 32.2. The van der Waals surface area contributed by atoms with Gasteiger partial charge in [0.25, 0.3) is 0 Å². The Labute approximate surface area is 118 Å². The van der Waals surface area contributed by atoms with Crippen LogP contribution in [-0.2, 0) is 10.5 Å². The highest BCUT2D eigenvalue weighted by Crippen LogP contribution is 2.34. The van der Waals surface area contributed by atoms with Gasteiger partial charge in [0.2, 0.25) is 0 Å². The Morgan fingerprint density at radius 1 is 1.33 bits per heavy atom. The number of aliphatic imine (C=N–C) groups is 1. The van der Waals surface area contributed by atoms with E-state index in [1.165, 1.54) is 16.4 Å². The van der Waals surface area contributed by atoms with Crippen LogP contribution in [0.2, 0.25) is 0 Å². The minimum Gasteiger partial charge on any atom is -0.381 e. The van der Waals surface area contributed by atoms with Crippen LogP contribution in [0.3, 0.4) is 0 Å². The molecule has 0 aliphatic carbocycles. The number of hydrogen-bond donors (Lipinski definition) is 0. The third-order valence-corrected chi connectivity index (χ3v) is 4.86. The molecule has 0 unspecified atom stereocenters. The van der Waals surface area contributed by atoms with Crippen molar-refractivity contribution in [1.29, 1.82) is 0 Å². The topological polar surface area (TPSA) is 21.6 Å². The molecule has 2 rings (SSSR count). The van der Waals surface area contributed by atoms with E-state index < -0.39 is 0 Å². The zero-order chi connectivity index (χ0) is 12.6. The summed E-state index contributed by atoms with van der Waals surface area (Å²) in [7, 11) is 0. The largest absolute Gasteiger partial charge is 0.381 e. The van der Waals surface area contributed by atoms with Crippen molar-refractivity contribution in [2.75, 3.05) is 19.0 Å². The normalized spacial score (nSPS) is 14.2. The van der Waals surface area contributed by atoms with Crippen molar-refractivity contribution in [2.24, 2.45) is 4.99 Å². The van der Waals surface area contributed by atoms with Crippen LogP contribution < -0.4 is 0 Å². The first-order valence-electron chi connectivity index (χ1n) is 6.40. The number of benzene rings is 1. The second kappa shape index (κ2) is 7.87. The number of nitrogens with zero attached hydrogens (tertiary/aromatic N) is 1. The summed E-state index contributed by atoms with van der Waals surface area (Å²) in [6.07, 6.45) is 2.36. The molecule has 4 heteroatoms. The van der Waals surface area contributed by atoms with Gasteiger partial charge in [-0.05, 0) is 18.1 Å². The summed E-state index contributed by atoms with van der Waals surface area (Å²) in [4.78, 5) is 4.67. The molecule has 0 bridgehead atoms. The van der Waals surface area contributed by atoms with E-state index in [2.05, 4.69) is 36.2 Å². The van der Waals surface area contributed by atoms with Crippen molar-refractivity contribution in [2.45, 2.75) is 25.5 Å². The van der Waals surface area contributed by atoms with Crippen molar-refractivity contribution < 1.29 is 4.74 Å². The van der Waals surface area contributed by atoms with Gasteiger partial charge in [0.05, 0.1) is 12.3 Å². The van der Waals surface area contributed by atoms with Crippen molar-refractivity contribution in [3.05, 3.63) is 29.8 Å². The summed E-state index contributed by atoms with van der Waals surface area (Å²) in [5.74, 6) is 2.04. The van der Waals surface area contributed by atoms with Crippen LogP contribution in [0.1, 0.15) is 25.3 Å². The third kappa shape index (κ3) is 4.34. The van der Waals surface area contributed by atoms with Crippen LogP contribution in [0.25, 0.3) is 0 Å². The van der Waals surface area contributed by atoms with Crippen LogP contribution in [0, 0.1) is 0 Å². The van der Waals surface area contributed by atoms with E-state index in [0.717, 1.165) is 36.8 Å². The molecule has 0 spiro atoms. The number of ether oxygens (including phenoxy) is 1. The summed E-state index contributed by atoms with van der Waals surface area (Å²) >= 11 is 3.64. The molecule has 18 heavy (non-hydrogen) atoms. The lowest BCUT2D eigenvalue weighted by Crippen LogP contribution is -2.02. The molecule has 1 aliphatic rings. The quantitative estimate of drug-likeness (QED) is 0.718. The second-order valence-corrected chi connectivity index (χ2v) is 6.42. The molecule has 0 saturated carbocycles. The molecular formula is C14H19NOS2. The van der Waals surface area contributed by atoms with Gasteiger partial charge in [0.1, 0.15) is 4.38 Å². The molecule has 2 nitrogen and oxygen atoms in total. The SMILES string of the molecule is CCCCOCCSC1=Nc2ccccc2CS1. The fourth-order valence-electron chi connectivity index (χ4n) is 1.62. The monoisotopic (exact) mass is 281 g/mol. The van der Waals surface area contributed by atoms with Gasteiger partial charge >= 0.3 is 0 Å². The van der Waals surface area contributed by atoms with Gasteiger partial charge < -0.3 is 4.74 Å². The second-order valence-electron chi connectivity index (χ2n) is 4.11. The molecule has 0 aromatic heterocycles. The van der Waals surface area contributed by atoms with Crippen LogP contribution in [0.4, 0.5) is 5.69 Å². The molecule has 1 aliphatic heterocycles. The van der Waals surface area contributed by atoms with Crippen LogP contribution >= 0.6 is 23.5 Å². The van der Waals surface area contributed by atoms with Crippen molar-refractivity contribution in [3.8, 4) is 0 Å². The summed E-state index contributed by atoms with van der Waals surface area (Å²) in [6.45, 7) is 3.90. The maximum absolute atomic E-state index is 5.55. The maximum Gasteiger partial charge on any atom is 0.130 e. The van der Waals surface area contributed by atoms with E-state index in [9.17, 15) is 0 Å². The number of unbranched alkanes of at least 4 members (excludes halogenated alkanes) is 1. The predicted molar refractivity (Wildman–Crippen MR) is 83.0 cm³/mol. The van der Waals surface area contributed by atoms with Crippen molar-refractivity contribution >= 4 is 33.6 Å². The van der Waals surface area contributed by atoms with Crippen LogP contribution in [-0.4, -0.2) is 23.3 Å². The average molecular weight is 281 g/mol. The minimum absolute atomic E-state index is 0.825. The van der Waals surface area contributed by atoms with E-state index in [-0.39, 0.29) is 0 Å². The molecule has 0 radical (unpaired) electrons. The molecule has 1 heterocycles. The minimum atomic E-state index is 0.825. The van der Waals surface area contributed by atoms with Gasteiger partial charge in [-0.15, -0.1) is 0 Å². The standard InChI is InChI=1S/C14H19NOS2/c1-2-3-8-16-9-10-17-14-15-13-7-5-4-6-12(13)11-18-14/h4-7H,2-3,8-11H2,1H3. The molecule has 0 amide bonds. The Kier molecular flexibility index (Phi) is 6.11. The number of fused-ring (bicyclic) bond motifs is 1. The average Bonchev–Trinajstić information content (AvgIpc) is 2.42. The number of hydrogen-bond acceptors (Lipinski definition) is 4. The Bertz CT molecular complexity index is 407. The Morgan fingerprint density at radius 3 is 3.11 bits per heavy atom. The fraction of sp³-hybridized carbons (Fsp3) is 0.500. The molecule has 1 aromatic rings. The van der Waals surface area contributed by atoms with E-state index in [1.54, 1.807) is 11.8 Å². The van der Waals surface area contributed by atoms with Gasteiger partial charge in [0.15, 0.2) is 0 Å². The lowest BCUT2D eigenvalue weighted by Gasteiger charge is -2.14. The molecule has 0 N–H and O–H groups in total. The molecule has 98 valence electrons. The van der Waals surface area contributed by atoms with E-state index >= 15 is 0 Å². The first-order valence-corrected chi connectivity index (χ1v) is 8.37.